The molecule has 1 aromatic rings. The average Bonchev–Trinajstić information content (AvgIpc) is 3.18. The third kappa shape index (κ3) is 2.96. The first kappa shape index (κ1) is 16.9. The van der Waals surface area contributed by atoms with Gasteiger partial charge >= 0.3 is 0 Å². The molecule has 25 heavy (non-hydrogen) atoms. The summed E-state index contributed by atoms with van der Waals surface area (Å²) in [6.45, 7) is 3.05. The fraction of sp³-hybridized carbons (Fsp3) is 0.647. The van der Waals surface area contributed by atoms with Crippen LogP contribution in [0.1, 0.15) is 25.7 Å². The minimum Gasteiger partial charge on any atom is -0.372 e. The van der Waals surface area contributed by atoms with Crippen molar-refractivity contribution in [3.63, 3.8) is 0 Å². The molecule has 3 saturated heterocycles. The molecule has 3 aliphatic rings. The normalized spacial score (nSPS) is 26.3. The van der Waals surface area contributed by atoms with Crippen molar-refractivity contribution >= 4 is 15.9 Å². The molecule has 1 aromatic heterocycles. The molecule has 0 saturated carbocycles. The second kappa shape index (κ2) is 6.34. The first-order valence-corrected chi connectivity index (χ1v) is 10.3. The van der Waals surface area contributed by atoms with Crippen LogP contribution in [0.5, 0.6) is 0 Å². The summed E-state index contributed by atoms with van der Waals surface area (Å²) in [6.07, 6.45) is 6.36. The summed E-state index contributed by atoms with van der Waals surface area (Å²) in [5.74, 6) is 0.545. The number of nitrogens with zero attached hydrogens (tertiary/aromatic N) is 3. The SMILES string of the molecule is O=C1CCCN1CC[C@@H]1CCOC12CN(S(=O)(=O)c1cccnc1)C2. The Labute approximate surface area is 148 Å². The van der Waals surface area contributed by atoms with Gasteiger partial charge in [-0.05, 0) is 37.3 Å². The highest BCUT2D eigenvalue weighted by atomic mass is 32.2. The fourth-order valence-electron chi connectivity index (χ4n) is 4.16. The first-order chi connectivity index (χ1) is 12.0. The number of amides is 1. The van der Waals surface area contributed by atoms with Crippen molar-refractivity contribution in [1.29, 1.82) is 0 Å². The molecule has 7 nitrogen and oxygen atoms in total. The number of hydrogen-bond donors (Lipinski definition) is 0. The van der Waals surface area contributed by atoms with Gasteiger partial charge in [-0.25, -0.2) is 8.42 Å². The van der Waals surface area contributed by atoms with Gasteiger partial charge in [-0.15, -0.1) is 0 Å². The number of hydrogen-bond acceptors (Lipinski definition) is 5. The summed E-state index contributed by atoms with van der Waals surface area (Å²) >= 11 is 0. The molecule has 8 heteroatoms. The molecular formula is C17H23N3O4S. The number of ether oxygens (including phenoxy) is 1. The van der Waals surface area contributed by atoms with Gasteiger partial charge in [0.1, 0.15) is 4.90 Å². The van der Waals surface area contributed by atoms with Crippen molar-refractivity contribution in [2.75, 3.05) is 32.8 Å². The van der Waals surface area contributed by atoms with Gasteiger partial charge in [0.15, 0.2) is 0 Å². The third-order valence-corrected chi connectivity index (χ3v) is 7.45. The lowest BCUT2D eigenvalue weighted by Crippen LogP contribution is -2.66. The zero-order valence-corrected chi connectivity index (χ0v) is 15.0. The van der Waals surface area contributed by atoms with E-state index in [9.17, 15) is 13.2 Å². The molecule has 3 aliphatic heterocycles. The van der Waals surface area contributed by atoms with Crippen LogP contribution in [0.3, 0.4) is 0 Å². The average molecular weight is 365 g/mol. The van der Waals surface area contributed by atoms with Crippen LogP contribution in [0, 0.1) is 5.92 Å². The van der Waals surface area contributed by atoms with Crippen LogP contribution in [0.15, 0.2) is 29.4 Å². The van der Waals surface area contributed by atoms with Gasteiger partial charge in [0.05, 0.1) is 5.60 Å². The van der Waals surface area contributed by atoms with Crippen LogP contribution in [-0.4, -0.2) is 66.9 Å². The molecular weight excluding hydrogens is 342 g/mol. The first-order valence-electron chi connectivity index (χ1n) is 8.83. The summed E-state index contributed by atoms with van der Waals surface area (Å²) in [5, 5.41) is 0. The van der Waals surface area contributed by atoms with Crippen molar-refractivity contribution in [3.05, 3.63) is 24.5 Å². The monoisotopic (exact) mass is 365 g/mol. The molecule has 136 valence electrons. The maximum atomic E-state index is 12.6. The number of pyridine rings is 1. The molecule has 4 rings (SSSR count). The molecule has 1 atom stereocenters. The lowest BCUT2D eigenvalue weighted by molar-refractivity contribution is -0.128. The highest BCUT2D eigenvalue weighted by Gasteiger charge is 2.56. The van der Waals surface area contributed by atoms with Crippen molar-refractivity contribution in [3.8, 4) is 0 Å². The van der Waals surface area contributed by atoms with Crippen LogP contribution >= 0.6 is 0 Å². The van der Waals surface area contributed by atoms with Gasteiger partial charge in [0.25, 0.3) is 0 Å². The van der Waals surface area contributed by atoms with Gasteiger partial charge < -0.3 is 9.64 Å². The van der Waals surface area contributed by atoms with E-state index in [0.717, 1.165) is 32.4 Å². The van der Waals surface area contributed by atoms with Gasteiger partial charge in [-0.2, -0.15) is 4.31 Å². The Morgan fingerprint density at radius 2 is 2.20 bits per heavy atom. The number of rotatable bonds is 5. The van der Waals surface area contributed by atoms with Crippen LogP contribution < -0.4 is 0 Å². The summed E-state index contributed by atoms with van der Waals surface area (Å²) in [4.78, 5) is 17.8. The van der Waals surface area contributed by atoms with Gasteiger partial charge in [0.2, 0.25) is 15.9 Å². The summed E-state index contributed by atoms with van der Waals surface area (Å²) in [7, 11) is -3.50. The molecule has 0 aliphatic carbocycles. The Kier molecular flexibility index (Phi) is 4.29. The Bertz CT molecular complexity index is 746. The molecule has 4 heterocycles. The predicted molar refractivity (Wildman–Crippen MR) is 90.2 cm³/mol. The number of carbonyl (C=O) groups is 1. The number of sulfonamides is 1. The van der Waals surface area contributed by atoms with Crippen LogP contribution in [0.4, 0.5) is 0 Å². The molecule has 0 aromatic carbocycles. The minimum atomic E-state index is -3.50. The van der Waals surface area contributed by atoms with Crippen molar-refractivity contribution < 1.29 is 17.9 Å². The quantitative estimate of drug-likeness (QED) is 0.774. The fourth-order valence-corrected chi connectivity index (χ4v) is 5.68. The third-order valence-electron chi connectivity index (χ3n) is 5.68. The van der Waals surface area contributed by atoms with E-state index >= 15 is 0 Å². The summed E-state index contributed by atoms with van der Waals surface area (Å²) < 4.78 is 32.7. The second-order valence-electron chi connectivity index (χ2n) is 7.13. The largest absolute Gasteiger partial charge is 0.372 e. The predicted octanol–water partition coefficient (Wildman–Crippen LogP) is 0.874. The van der Waals surface area contributed by atoms with E-state index in [0.29, 0.717) is 32.0 Å². The van der Waals surface area contributed by atoms with Crippen molar-refractivity contribution in [2.45, 2.75) is 36.2 Å². The highest BCUT2D eigenvalue weighted by Crippen LogP contribution is 2.43. The van der Waals surface area contributed by atoms with E-state index in [2.05, 4.69) is 4.98 Å². The molecule has 3 fully saturated rings. The van der Waals surface area contributed by atoms with Crippen LogP contribution in [0.2, 0.25) is 0 Å². The standard InChI is InChI=1S/C17H23N3O4S/c21-16-4-2-8-19(16)9-5-14-6-10-24-17(14)12-20(13-17)25(22,23)15-3-1-7-18-11-15/h1,3,7,11,14H,2,4-6,8-10,12-13H2/t14-/m1/s1. The number of likely N-dealkylation sites (tertiary alicyclic amines) is 1. The van der Waals surface area contributed by atoms with E-state index < -0.39 is 10.0 Å². The zero-order chi connectivity index (χ0) is 17.5. The topological polar surface area (TPSA) is 79.8 Å². The molecule has 0 bridgehead atoms. The molecule has 0 N–H and O–H groups in total. The second-order valence-corrected chi connectivity index (χ2v) is 9.07. The van der Waals surface area contributed by atoms with Gasteiger partial charge in [-0.3, -0.25) is 9.78 Å². The Morgan fingerprint density at radius 1 is 1.36 bits per heavy atom. The lowest BCUT2D eigenvalue weighted by Gasteiger charge is -2.49. The number of aromatic nitrogens is 1. The Hall–Kier alpha value is -1.51. The van der Waals surface area contributed by atoms with E-state index in [1.165, 1.54) is 10.5 Å². The zero-order valence-electron chi connectivity index (χ0n) is 14.1. The Morgan fingerprint density at radius 3 is 2.88 bits per heavy atom. The van der Waals surface area contributed by atoms with Crippen molar-refractivity contribution in [2.24, 2.45) is 5.92 Å². The molecule has 1 amide bonds. The smallest absolute Gasteiger partial charge is 0.244 e. The molecule has 1 spiro atoms. The van der Waals surface area contributed by atoms with Gasteiger partial charge in [-0.1, -0.05) is 0 Å². The molecule has 0 unspecified atom stereocenters. The van der Waals surface area contributed by atoms with Crippen LogP contribution in [0.25, 0.3) is 0 Å². The number of carbonyl (C=O) groups excluding carboxylic acids is 1. The van der Waals surface area contributed by atoms with E-state index in [1.54, 1.807) is 18.3 Å². The van der Waals surface area contributed by atoms with E-state index in [4.69, 9.17) is 4.74 Å². The van der Waals surface area contributed by atoms with E-state index in [-0.39, 0.29) is 16.4 Å². The summed E-state index contributed by atoms with van der Waals surface area (Å²) in [6, 6.07) is 3.20. The lowest BCUT2D eigenvalue weighted by atomic mass is 9.80. The van der Waals surface area contributed by atoms with E-state index in [1.807, 2.05) is 4.90 Å². The maximum absolute atomic E-state index is 12.6. The minimum absolute atomic E-state index is 0.224. The maximum Gasteiger partial charge on any atom is 0.244 e. The van der Waals surface area contributed by atoms with Crippen LogP contribution in [-0.2, 0) is 19.6 Å². The summed E-state index contributed by atoms with van der Waals surface area (Å²) in [5.41, 5.74) is -0.377. The molecule has 0 radical (unpaired) electrons. The highest BCUT2D eigenvalue weighted by molar-refractivity contribution is 7.89. The Balaban J connectivity index is 1.39. The van der Waals surface area contributed by atoms with Gasteiger partial charge in [0, 0.05) is 51.6 Å². The van der Waals surface area contributed by atoms with Crippen molar-refractivity contribution in [1.82, 2.24) is 14.2 Å².